The number of benzene rings is 2. The predicted molar refractivity (Wildman–Crippen MR) is 99.1 cm³/mol. The van der Waals surface area contributed by atoms with Crippen LogP contribution in [0.4, 0.5) is 0 Å². The van der Waals surface area contributed by atoms with Crippen LogP contribution in [0.3, 0.4) is 0 Å². The number of methoxy groups -OCH3 is 1. The number of piperazine rings is 1. The van der Waals surface area contributed by atoms with Gasteiger partial charge in [-0.15, -0.1) is 0 Å². The molecule has 3 nitrogen and oxygen atoms in total. The van der Waals surface area contributed by atoms with Gasteiger partial charge >= 0.3 is 0 Å². The lowest BCUT2D eigenvalue weighted by molar-refractivity contribution is 0.110. The lowest BCUT2D eigenvalue weighted by Crippen LogP contribution is -2.46. The Bertz CT molecular complexity index is 725. The van der Waals surface area contributed by atoms with E-state index < -0.39 is 0 Å². The number of hydrogen-bond acceptors (Lipinski definition) is 4. The lowest BCUT2D eigenvalue weighted by Gasteiger charge is -2.38. The summed E-state index contributed by atoms with van der Waals surface area (Å²) in [7, 11) is 3.96. The Morgan fingerprint density at radius 2 is 1.79 bits per heavy atom. The maximum Gasteiger partial charge on any atom is 0.120 e. The molecule has 0 aromatic heterocycles. The third kappa shape index (κ3) is 3.06. The summed E-state index contributed by atoms with van der Waals surface area (Å²) < 4.78 is 5.47. The van der Waals surface area contributed by atoms with E-state index in [-0.39, 0.29) is 0 Å². The highest BCUT2D eigenvalue weighted by molar-refractivity contribution is 7.99. The van der Waals surface area contributed by atoms with Gasteiger partial charge in [0.15, 0.2) is 0 Å². The monoisotopic (exact) mass is 340 g/mol. The second-order valence-corrected chi connectivity index (χ2v) is 7.76. The summed E-state index contributed by atoms with van der Waals surface area (Å²) in [6.07, 6.45) is 1.09. The van der Waals surface area contributed by atoms with E-state index in [1.165, 1.54) is 20.9 Å². The van der Waals surface area contributed by atoms with Crippen molar-refractivity contribution in [1.29, 1.82) is 0 Å². The molecule has 0 unspecified atom stereocenters. The molecule has 0 amide bonds. The minimum atomic E-state index is 0.454. The molecule has 1 fully saturated rings. The van der Waals surface area contributed by atoms with Gasteiger partial charge in [-0.1, -0.05) is 36.0 Å². The summed E-state index contributed by atoms with van der Waals surface area (Å²) in [5.41, 5.74) is 2.91. The molecular formula is C20H24N2OS. The quantitative estimate of drug-likeness (QED) is 0.828. The molecule has 0 bridgehead atoms. The van der Waals surface area contributed by atoms with E-state index in [2.05, 4.69) is 59.3 Å². The van der Waals surface area contributed by atoms with Gasteiger partial charge in [-0.3, -0.25) is 4.90 Å². The lowest BCUT2D eigenvalue weighted by atomic mass is 9.96. The molecule has 1 saturated heterocycles. The molecule has 24 heavy (non-hydrogen) atoms. The van der Waals surface area contributed by atoms with Gasteiger partial charge in [0.25, 0.3) is 0 Å². The van der Waals surface area contributed by atoms with Crippen LogP contribution >= 0.6 is 11.8 Å². The standard InChI is InChI=1S/C20H24N2OS/c1-21-9-11-22(12-10-21)18-13-15-5-3-4-6-19(15)24-20-14-16(23-2)7-8-17(18)20/h3-8,14,18H,9-13H2,1-2H3/t18-/m1/s1. The first-order valence-electron chi connectivity index (χ1n) is 8.61. The molecule has 126 valence electrons. The zero-order valence-electron chi connectivity index (χ0n) is 14.4. The third-order valence-corrected chi connectivity index (χ3v) is 6.36. The molecule has 2 aliphatic rings. The van der Waals surface area contributed by atoms with Crippen LogP contribution in [-0.4, -0.2) is 50.1 Å². The van der Waals surface area contributed by atoms with E-state index in [0.717, 1.165) is 38.3 Å². The van der Waals surface area contributed by atoms with Crippen LogP contribution in [0.15, 0.2) is 52.3 Å². The van der Waals surface area contributed by atoms with Gasteiger partial charge in [0.2, 0.25) is 0 Å². The van der Waals surface area contributed by atoms with Crippen molar-refractivity contribution in [3.8, 4) is 5.75 Å². The van der Waals surface area contributed by atoms with Crippen LogP contribution in [-0.2, 0) is 6.42 Å². The molecule has 0 spiro atoms. The smallest absolute Gasteiger partial charge is 0.120 e. The normalized spacial score (nSPS) is 21.7. The van der Waals surface area contributed by atoms with Crippen molar-refractivity contribution in [1.82, 2.24) is 9.80 Å². The first kappa shape index (κ1) is 16.0. The average Bonchev–Trinajstić information content (AvgIpc) is 2.78. The van der Waals surface area contributed by atoms with Crippen molar-refractivity contribution in [2.45, 2.75) is 22.3 Å². The van der Waals surface area contributed by atoms with Crippen LogP contribution in [0.2, 0.25) is 0 Å². The van der Waals surface area contributed by atoms with Crippen molar-refractivity contribution >= 4 is 11.8 Å². The maximum absolute atomic E-state index is 5.47. The van der Waals surface area contributed by atoms with Gasteiger partial charge < -0.3 is 9.64 Å². The fourth-order valence-corrected chi connectivity index (χ4v) is 4.84. The molecular weight excluding hydrogens is 316 g/mol. The predicted octanol–water partition coefficient (Wildman–Crippen LogP) is 3.69. The molecule has 4 heteroatoms. The summed E-state index contributed by atoms with van der Waals surface area (Å²) in [6.45, 7) is 4.58. The summed E-state index contributed by atoms with van der Waals surface area (Å²) in [5.74, 6) is 0.942. The highest BCUT2D eigenvalue weighted by atomic mass is 32.2. The molecule has 0 saturated carbocycles. The molecule has 2 aromatic carbocycles. The molecule has 2 aromatic rings. The number of rotatable bonds is 2. The van der Waals surface area contributed by atoms with E-state index in [9.17, 15) is 0 Å². The van der Waals surface area contributed by atoms with E-state index in [1.807, 2.05) is 11.8 Å². The zero-order chi connectivity index (χ0) is 16.5. The second-order valence-electron chi connectivity index (χ2n) is 6.67. The number of nitrogens with zero attached hydrogens (tertiary/aromatic N) is 2. The largest absolute Gasteiger partial charge is 0.497 e. The second kappa shape index (κ2) is 6.79. The highest BCUT2D eigenvalue weighted by Crippen LogP contribution is 2.44. The van der Waals surface area contributed by atoms with Crippen molar-refractivity contribution in [2.24, 2.45) is 0 Å². The Kier molecular flexibility index (Phi) is 4.53. The summed E-state index contributed by atoms with van der Waals surface area (Å²) in [5, 5.41) is 0. The summed E-state index contributed by atoms with van der Waals surface area (Å²) in [6, 6.07) is 15.9. The van der Waals surface area contributed by atoms with Gasteiger partial charge in [0, 0.05) is 42.0 Å². The zero-order valence-corrected chi connectivity index (χ0v) is 15.2. The minimum absolute atomic E-state index is 0.454. The Balaban J connectivity index is 1.75. The first-order chi connectivity index (χ1) is 11.7. The molecule has 0 radical (unpaired) electrons. The first-order valence-corrected chi connectivity index (χ1v) is 9.42. The van der Waals surface area contributed by atoms with Crippen molar-refractivity contribution in [2.75, 3.05) is 40.3 Å². The van der Waals surface area contributed by atoms with Crippen LogP contribution in [0.1, 0.15) is 17.2 Å². The number of likely N-dealkylation sites (N-methyl/N-ethyl adjacent to an activating group) is 1. The van der Waals surface area contributed by atoms with Gasteiger partial charge in [-0.2, -0.15) is 0 Å². The van der Waals surface area contributed by atoms with Crippen LogP contribution < -0.4 is 4.74 Å². The maximum atomic E-state index is 5.47. The van der Waals surface area contributed by atoms with E-state index in [1.54, 1.807) is 7.11 Å². The topological polar surface area (TPSA) is 15.7 Å². The SMILES string of the molecule is COc1ccc2c(c1)Sc1ccccc1C[C@H]2N1CCN(C)CC1. The van der Waals surface area contributed by atoms with Crippen molar-refractivity contribution < 1.29 is 4.74 Å². The van der Waals surface area contributed by atoms with Crippen LogP contribution in [0.25, 0.3) is 0 Å². The van der Waals surface area contributed by atoms with Gasteiger partial charge in [0.1, 0.15) is 5.75 Å². The Labute approximate surface area is 148 Å². The minimum Gasteiger partial charge on any atom is -0.497 e. The van der Waals surface area contributed by atoms with Gasteiger partial charge in [0.05, 0.1) is 7.11 Å². The van der Waals surface area contributed by atoms with Crippen LogP contribution in [0, 0.1) is 0 Å². The molecule has 4 rings (SSSR count). The van der Waals surface area contributed by atoms with Gasteiger partial charge in [-0.05, 0) is 42.8 Å². The van der Waals surface area contributed by atoms with E-state index in [0.29, 0.717) is 6.04 Å². The number of hydrogen-bond donors (Lipinski definition) is 0. The summed E-state index contributed by atoms with van der Waals surface area (Å²) >= 11 is 1.88. The molecule has 2 aliphatic heterocycles. The molecule has 2 heterocycles. The molecule has 1 atom stereocenters. The van der Waals surface area contributed by atoms with E-state index in [4.69, 9.17) is 4.74 Å². The Morgan fingerprint density at radius 3 is 2.58 bits per heavy atom. The molecule has 0 aliphatic carbocycles. The molecule has 0 N–H and O–H groups in total. The third-order valence-electron chi connectivity index (χ3n) is 5.16. The number of ether oxygens (including phenoxy) is 1. The van der Waals surface area contributed by atoms with Gasteiger partial charge in [-0.25, -0.2) is 0 Å². The Morgan fingerprint density at radius 1 is 1.00 bits per heavy atom. The fourth-order valence-electron chi connectivity index (χ4n) is 3.67. The van der Waals surface area contributed by atoms with Crippen molar-refractivity contribution in [3.63, 3.8) is 0 Å². The Hall–Kier alpha value is -1.49. The summed E-state index contributed by atoms with van der Waals surface area (Å²) in [4.78, 5) is 7.80. The number of fused-ring (bicyclic) bond motifs is 2. The van der Waals surface area contributed by atoms with Crippen molar-refractivity contribution in [3.05, 3.63) is 53.6 Å². The van der Waals surface area contributed by atoms with E-state index >= 15 is 0 Å². The fraction of sp³-hybridized carbons (Fsp3) is 0.400. The average molecular weight is 340 g/mol. The highest BCUT2D eigenvalue weighted by Gasteiger charge is 2.29. The van der Waals surface area contributed by atoms with Crippen LogP contribution in [0.5, 0.6) is 5.75 Å².